The van der Waals surface area contributed by atoms with Crippen LogP contribution in [-0.2, 0) is 24.4 Å². The molecule has 0 unspecified atom stereocenters. The van der Waals surface area contributed by atoms with Crippen molar-refractivity contribution in [2.24, 2.45) is 5.92 Å². The van der Waals surface area contributed by atoms with Crippen molar-refractivity contribution in [2.75, 3.05) is 19.0 Å². The van der Waals surface area contributed by atoms with Crippen LogP contribution in [0, 0.1) is 12.8 Å². The standard InChI is InChI=1S/C44H53N7O7S2/c1-26(2)33-25-59-40(48-33)32-22-36(30-16-17-35(57-5)27(3)38(30)47-32)58-29-21-34-39(52)49-44(42(54)50-60(55,56)43(4)18-19-43)23-28(44)13-9-7-6-8-10-14-31(41(53)51(34)24-29)46-37-15-11-12-20-45-37/h9,11-13,15-17,20,22,25-26,28-29,31,34H,6-8,10,14,18-19,21,23-24H2,1-5H3,(H,45,46)(H,49,52)(H,50,54)/t28-,29-,31+,34+,44-/m1/s1. The lowest BCUT2D eigenvalue weighted by Crippen LogP contribution is -2.58. The number of hydrogen-bond acceptors (Lipinski definition) is 12. The molecule has 0 radical (unpaired) electrons. The maximum Gasteiger partial charge on any atom is 0.259 e. The zero-order valence-corrected chi connectivity index (χ0v) is 36.3. The number of allylic oxidation sites excluding steroid dienone is 1. The molecule has 318 valence electrons. The fourth-order valence-electron chi connectivity index (χ4n) is 8.23. The van der Waals surface area contributed by atoms with E-state index in [0.29, 0.717) is 47.8 Å². The number of methoxy groups -OCH3 is 1. The Morgan fingerprint density at radius 3 is 2.62 bits per heavy atom. The monoisotopic (exact) mass is 855 g/mol. The van der Waals surface area contributed by atoms with Gasteiger partial charge in [0.15, 0.2) is 0 Å². The van der Waals surface area contributed by atoms with Crippen molar-refractivity contribution in [1.29, 1.82) is 0 Å². The number of carbonyl (C=O) groups is 3. The molecule has 5 atom stereocenters. The van der Waals surface area contributed by atoms with E-state index in [4.69, 9.17) is 19.4 Å². The van der Waals surface area contributed by atoms with E-state index >= 15 is 0 Å². The number of anilines is 1. The molecule has 3 amide bonds. The summed E-state index contributed by atoms with van der Waals surface area (Å²) in [5.41, 5.74) is 1.61. The van der Waals surface area contributed by atoms with Crippen LogP contribution in [0.1, 0.15) is 95.7 Å². The number of benzene rings is 1. The van der Waals surface area contributed by atoms with Gasteiger partial charge in [0.1, 0.15) is 51.7 Å². The Morgan fingerprint density at radius 2 is 1.90 bits per heavy atom. The Balaban J connectivity index is 1.15. The molecule has 4 aromatic rings. The third-order valence-corrected chi connectivity index (χ3v) is 15.5. The minimum Gasteiger partial charge on any atom is -0.496 e. The zero-order chi connectivity index (χ0) is 42.4. The van der Waals surface area contributed by atoms with Crippen LogP contribution in [0.4, 0.5) is 5.82 Å². The lowest BCUT2D eigenvalue weighted by atomic mass is 10.0. The molecule has 5 heterocycles. The number of carbonyl (C=O) groups excluding carboxylic acids is 3. The van der Waals surface area contributed by atoms with Crippen molar-refractivity contribution in [3.05, 3.63) is 71.4 Å². The van der Waals surface area contributed by atoms with Crippen LogP contribution in [0.5, 0.6) is 11.5 Å². The normalized spacial score (nSPS) is 25.4. The summed E-state index contributed by atoms with van der Waals surface area (Å²) >= 11 is 1.50. The summed E-state index contributed by atoms with van der Waals surface area (Å²) in [6.07, 6.45) is 9.92. The highest BCUT2D eigenvalue weighted by Crippen LogP contribution is 2.48. The molecule has 1 aromatic carbocycles. The molecule has 1 saturated heterocycles. The zero-order valence-electron chi connectivity index (χ0n) is 34.7. The second-order valence-corrected chi connectivity index (χ2v) is 20.2. The largest absolute Gasteiger partial charge is 0.496 e. The fraction of sp³-hybridized carbons (Fsp3) is 0.500. The maximum absolute atomic E-state index is 14.8. The van der Waals surface area contributed by atoms with Crippen molar-refractivity contribution < 1.29 is 32.3 Å². The van der Waals surface area contributed by atoms with Crippen molar-refractivity contribution in [1.82, 2.24) is 29.9 Å². The van der Waals surface area contributed by atoms with Gasteiger partial charge in [-0.2, -0.15) is 0 Å². The van der Waals surface area contributed by atoms with E-state index in [1.807, 2.05) is 48.7 Å². The smallest absolute Gasteiger partial charge is 0.259 e. The van der Waals surface area contributed by atoms with Gasteiger partial charge in [0, 0.05) is 40.9 Å². The first-order chi connectivity index (χ1) is 28.7. The summed E-state index contributed by atoms with van der Waals surface area (Å²) in [6.45, 7) is 7.81. The number of rotatable bonds is 10. The van der Waals surface area contributed by atoms with E-state index in [9.17, 15) is 22.8 Å². The van der Waals surface area contributed by atoms with E-state index in [-0.39, 0.29) is 31.2 Å². The van der Waals surface area contributed by atoms with Crippen molar-refractivity contribution in [2.45, 2.75) is 120 Å². The Kier molecular flexibility index (Phi) is 11.4. The first-order valence-corrected chi connectivity index (χ1v) is 23.2. The average molecular weight is 856 g/mol. The second kappa shape index (κ2) is 16.4. The number of hydrogen-bond donors (Lipinski definition) is 3. The van der Waals surface area contributed by atoms with Gasteiger partial charge in [0.05, 0.1) is 29.6 Å². The number of sulfonamides is 1. The van der Waals surface area contributed by atoms with E-state index < -0.39 is 56.2 Å². The van der Waals surface area contributed by atoms with Crippen molar-refractivity contribution >= 4 is 55.8 Å². The average Bonchev–Trinajstić information content (AvgIpc) is 4.00. The van der Waals surface area contributed by atoms with Crippen LogP contribution in [0.2, 0.25) is 0 Å². The number of pyridine rings is 2. The highest BCUT2D eigenvalue weighted by atomic mass is 32.2. The first-order valence-electron chi connectivity index (χ1n) is 20.9. The van der Waals surface area contributed by atoms with Crippen LogP contribution in [-0.4, -0.2) is 88.1 Å². The fourth-order valence-corrected chi connectivity index (χ4v) is 10.5. The molecule has 2 aliphatic carbocycles. The number of thiazole rings is 1. The van der Waals surface area contributed by atoms with Crippen molar-refractivity contribution in [3.63, 3.8) is 0 Å². The number of nitrogens with one attached hydrogen (secondary N) is 3. The molecule has 0 bridgehead atoms. The molecule has 60 heavy (non-hydrogen) atoms. The number of aryl methyl sites for hydroxylation is 1. The molecule has 3 fully saturated rings. The minimum absolute atomic E-state index is 0.0790. The van der Waals surface area contributed by atoms with Gasteiger partial charge in [-0.1, -0.05) is 44.9 Å². The lowest BCUT2D eigenvalue weighted by molar-refractivity contribution is -0.140. The molecule has 4 aliphatic rings. The molecule has 3 aromatic heterocycles. The van der Waals surface area contributed by atoms with Gasteiger partial charge in [-0.25, -0.2) is 23.4 Å². The number of aromatic nitrogens is 3. The van der Waals surface area contributed by atoms with E-state index in [1.54, 1.807) is 37.3 Å². The van der Waals surface area contributed by atoms with Gasteiger partial charge in [-0.15, -0.1) is 11.3 Å². The lowest BCUT2D eigenvalue weighted by Gasteiger charge is -2.30. The molecule has 16 heteroatoms. The Labute approximate surface area is 355 Å². The summed E-state index contributed by atoms with van der Waals surface area (Å²) in [5.74, 6) is -0.0454. The van der Waals surface area contributed by atoms with Crippen LogP contribution >= 0.6 is 11.3 Å². The van der Waals surface area contributed by atoms with Gasteiger partial charge in [0.25, 0.3) is 5.91 Å². The van der Waals surface area contributed by atoms with Gasteiger partial charge in [0.2, 0.25) is 21.8 Å². The third kappa shape index (κ3) is 8.19. The van der Waals surface area contributed by atoms with Gasteiger partial charge in [-0.05, 0) is 82.6 Å². The van der Waals surface area contributed by atoms with E-state index in [2.05, 4.69) is 34.2 Å². The highest BCUT2D eigenvalue weighted by molar-refractivity contribution is 7.91. The second-order valence-electron chi connectivity index (χ2n) is 17.1. The van der Waals surface area contributed by atoms with Crippen LogP contribution in [0.15, 0.2) is 60.1 Å². The predicted molar refractivity (Wildman–Crippen MR) is 230 cm³/mol. The van der Waals surface area contributed by atoms with Gasteiger partial charge in [-0.3, -0.25) is 19.1 Å². The Bertz CT molecular complexity index is 2430. The van der Waals surface area contributed by atoms with Gasteiger partial charge >= 0.3 is 0 Å². The van der Waals surface area contributed by atoms with Gasteiger partial charge < -0.3 is 25.0 Å². The highest BCUT2D eigenvalue weighted by Gasteiger charge is 2.63. The van der Waals surface area contributed by atoms with Crippen LogP contribution < -0.4 is 24.8 Å². The van der Waals surface area contributed by atoms with Crippen LogP contribution in [0.25, 0.3) is 21.6 Å². The molecule has 0 spiro atoms. The summed E-state index contributed by atoms with van der Waals surface area (Å²) in [7, 11) is -2.37. The molecule has 8 rings (SSSR count). The summed E-state index contributed by atoms with van der Waals surface area (Å²) in [6, 6.07) is 9.34. The number of nitrogens with zero attached hydrogens (tertiary/aromatic N) is 4. The summed E-state index contributed by atoms with van der Waals surface area (Å²) in [5, 5.41) is 9.82. The SMILES string of the molecule is COc1ccc2c(O[C@@H]3C[C@H]4C(=O)N[C@]5(C(=O)NS(=O)(=O)C6(C)CC6)C[C@H]5C=CCCCCC[C@H](Nc5ccccn5)C(=O)N4C3)cc(-c3nc(C(C)C)cs3)nc2c1C. The summed E-state index contributed by atoms with van der Waals surface area (Å²) in [4.78, 5) is 59.5. The number of fused-ring (bicyclic) bond motifs is 3. The molecule has 2 saturated carbocycles. The van der Waals surface area contributed by atoms with E-state index in [0.717, 1.165) is 47.3 Å². The molecular formula is C44H53N7O7S2. The minimum atomic E-state index is -3.98. The Hall–Kier alpha value is -5.09. The molecule has 2 aliphatic heterocycles. The maximum atomic E-state index is 14.8. The number of ether oxygens (including phenoxy) is 2. The predicted octanol–water partition coefficient (Wildman–Crippen LogP) is 6.42. The molecule has 14 nitrogen and oxygen atoms in total. The summed E-state index contributed by atoms with van der Waals surface area (Å²) < 4.78 is 40.4. The quantitative estimate of drug-likeness (QED) is 0.150. The topological polar surface area (TPSA) is 182 Å². The Morgan fingerprint density at radius 1 is 1.08 bits per heavy atom. The molecular weight excluding hydrogens is 803 g/mol. The van der Waals surface area contributed by atoms with E-state index in [1.165, 1.54) is 11.3 Å². The number of amides is 3. The van der Waals surface area contributed by atoms with Crippen LogP contribution in [0.3, 0.4) is 0 Å². The first kappa shape index (κ1) is 41.6. The van der Waals surface area contributed by atoms with Crippen molar-refractivity contribution in [3.8, 4) is 22.2 Å². The molecule has 3 N–H and O–H groups in total. The third-order valence-electron chi connectivity index (χ3n) is 12.5.